The van der Waals surface area contributed by atoms with Crippen molar-refractivity contribution in [1.82, 2.24) is 9.97 Å². The predicted octanol–water partition coefficient (Wildman–Crippen LogP) is 13.2. The van der Waals surface area contributed by atoms with Crippen LogP contribution in [0.1, 0.15) is 27.8 Å². The third-order valence-electron chi connectivity index (χ3n) is 11.6. The van der Waals surface area contributed by atoms with Gasteiger partial charge in [0.15, 0.2) is 5.82 Å². The molecule has 0 atom stereocenters. The van der Waals surface area contributed by atoms with Crippen molar-refractivity contribution in [1.29, 1.82) is 5.26 Å². The molecule has 2 heterocycles. The Kier molecular flexibility index (Phi) is 7.74. The van der Waals surface area contributed by atoms with Gasteiger partial charge in [0.25, 0.3) is 0 Å². The van der Waals surface area contributed by atoms with E-state index in [2.05, 4.69) is 140 Å². The number of rotatable bonds is 5. The van der Waals surface area contributed by atoms with E-state index in [1.807, 2.05) is 66.7 Å². The van der Waals surface area contributed by atoms with Crippen molar-refractivity contribution < 1.29 is 4.74 Å². The van der Waals surface area contributed by atoms with E-state index in [0.717, 1.165) is 84.1 Å². The molecule has 0 fully saturated rings. The smallest absolute Gasteiger partial charge is 0.160 e. The standard InChI is InChI=1S/C54H33N3O/c55-34-39-19-7-8-20-40(39)42-22-14-26-46-52(42)51-41(21-13-25-45(51)54(46)43-23-9-11-27-49(43)58-50-28-12-10-24-44(50)54)35-29-31-37(32-30-35)48-33-47(36-15-3-1-4-16-36)56-53(57-48)38-17-5-2-6-18-38/h1-33H. The largest absolute Gasteiger partial charge is 0.457 e. The molecule has 4 heteroatoms. The molecule has 0 radical (unpaired) electrons. The molecule has 270 valence electrons. The molecule has 0 bridgehead atoms. The topological polar surface area (TPSA) is 58.8 Å². The second-order valence-electron chi connectivity index (χ2n) is 14.7. The minimum atomic E-state index is -0.660. The normalized spacial score (nSPS) is 12.7. The Labute approximate surface area is 337 Å². The van der Waals surface area contributed by atoms with Gasteiger partial charge < -0.3 is 4.74 Å². The molecule has 0 unspecified atom stereocenters. The van der Waals surface area contributed by atoms with E-state index in [1.54, 1.807) is 0 Å². The summed E-state index contributed by atoms with van der Waals surface area (Å²) in [7, 11) is 0. The average molecular weight is 740 g/mol. The highest BCUT2D eigenvalue weighted by Gasteiger charge is 2.52. The first-order valence-electron chi connectivity index (χ1n) is 19.5. The Morgan fingerprint density at radius 1 is 0.397 bits per heavy atom. The van der Waals surface area contributed by atoms with E-state index < -0.39 is 5.41 Å². The maximum atomic E-state index is 10.4. The first-order valence-corrected chi connectivity index (χ1v) is 19.5. The summed E-state index contributed by atoms with van der Waals surface area (Å²) < 4.78 is 6.64. The molecule has 0 amide bonds. The van der Waals surface area contributed by atoms with Gasteiger partial charge in [-0.1, -0.05) is 176 Å². The fraction of sp³-hybridized carbons (Fsp3) is 0.0185. The molecule has 58 heavy (non-hydrogen) atoms. The first-order chi connectivity index (χ1) is 28.7. The van der Waals surface area contributed by atoms with Gasteiger partial charge in [0, 0.05) is 33.4 Å². The summed E-state index contributed by atoms with van der Waals surface area (Å²) in [5, 5.41) is 10.4. The summed E-state index contributed by atoms with van der Waals surface area (Å²) >= 11 is 0. The van der Waals surface area contributed by atoms with Crippen molar-refractivity contribution in [3.05, 3.63) is 228 Å². The van der Waals surface area contributed by atoms with Gasteiger partial charge in [-0.25, -0.2) is 9.97 Å². The van der Waals surface area contributed by atoms with Crippen LogP contribution in [0.15, 0.2) is 200 Å². The summed E-state index contributed by atoms with van der Waals surface area (Å²) in [6.07, 6.45) is 0. The maximum absolute atomic E-state index is 10.4. The van der Waals surface area contributed by atoms with Crippen molar-refractivity contribution >= 4 is 0 Å². The molecule has 0 N–H and O–H groups in total. The van der Waals surface area contributed by atoms with Gasteiger partial charge in [-0.15, -0.1) is 0 Å². The van der Waals surface area contributed by atoms with E-state index in [-0.39, 0.29) is 0 Å². The Hall–Kier alpha value is -7.87. The van der Waals surface area contributed by atoms with Gasteiger partial charge in [-0.3, -0.25) is 0 Å². The van der Waals surface area contributed by atoms with Crippen LogP contribution in [0.4, 0.5) is 0 Å². The van der Waals surface area contributed by atoms with E-state index in [1.165, 1.54) is 11.1 Å². The number of benzene rings is 8. The molecule has 9 aromatic rings. The fourth-order valence-electron chi connectivity index (χ4n) is 9.16. The lowest BCUT2D eigenvalue weighted by Gasteiger charge is -2.39. The number of nitriles is 1. The summed E-state index contributed by atoms with van der Waals surface area (Å²) in [5.41, 5.74) is 15.7. The van der Waals surface area contributed by atoms with E-state index >= 15 is 0 Å². The third-order valence-corrected chi connectivity index (χ3v) is 11.6. The number of fused-ring (bicyclic) bond motifs is 9. The molecule has 1 aliphatic heterocycles. The summed E-state index contributed by atoms with van der Waals surface area (Å²) in [6, 6.07) is 71.8. The molecule has 11 rings (SSSR count). The summed E-state index contributed by atoms with van der Waals surface area (Å²) in [6.45, 7) is 0. The van der Waals surface area contributed by atoms with Gasteiger partial charge >= 0.3 is 0 Å². The summed E-state index contributed by atoms with van der Waals surface area (Å²) in [4.78, 5) is 10.1. The van der Waals surface area contributed by atoms with Crippen LogP contribution < -0.4 is 4.74 Å². The Morgan fingerprint density at radius 2 is 0.862 bits per heavy atom. The number of hydrogen-bond acceptors (Lipinski definition) is 4. The zero-order chi connectivity index (χ0) is 38.6. The molecule has 1 spiro atoms. The van der Waals surface area contributed by atoms with Crippen LogP contribution in [0.2, 0.25) is 0 Å². The van der Waals surface area contributed by atoms with Crippen molar-refractivity contribution in [3.63, 3.8) is 0 Å². The number of hydrogen-bond donors (Lipinski definition) is 0. The zero-order valence-electron chi connectivity index (χ0n) is 31.3. The average Bonchev–Trinajstić information content (AvgIpc) is 3.60. The van der Waals surface area contributed by atoms with E-state index in [4.69, 9.17) is 14.7 Å². The van der Waals surface area contributed by atoms with E-state index in [9.17, 15) is 5.26 Å². The lowest BCUT2D eigenvalue weighted by atomic mass is 9.66. The Morgan fingerprint density at radius 3 is 1.50 bits per heavy atom. The number of para-hydroxylation sites is 2. The number of ether oxygens (including phenoxy) is 1. The fourth-order valence-corrected chi connectivity index (χ4v) is 9.16. The predicted molar refractivity (Wildman–Crippen MR) is 231 cm³/mol. The Balaban J connectivity index is 1.14. The van der Waals surface area contributed by atoms with Gasteiger partial charge in [-0.05, 0) is 63.2 Å². The van der Waals surface area contributed by atoms with Crippen LogP contribution in [0.5, 0.6) is 11.5 Å². The van der Waals surface area contributed by atoms with Crippen molar-refractivity contribution in [2.75, 3.05) is 0 Å². The monoisotopic (exact) mass is 739 g/mol. The lowest BCUT2D eigenvalue weighted by Crippen LogP contribution is -2.32. The van der Waals surface area contributed by atoms with Gasteiger partial charge in [0.05, 0.1) is 28.4 Å². The van der Waals surface area contributed by atoms with Gasteiger partial charge in [-0.2, -0.15) is 5.26 Å². The van der Waals surface area contributed by atoms with Crippen molar-refractivity contribution in [2.45, 2.75) is 5.41 Å². The van der Waals surface area contributed by atoms with Crippen LogP contribution in [-0.4, -0.2) is 9.97 Å². The molecule has 2 aliphatic rings. The van der Waals surface area contributed by atoms with Crippen molar-refractivity contribution in [2.24, 2.45) is 0 Å². The van der Waals surface area contributed by atoms with Crippen LogP contribution in [0, 0.1) is 11.3 Å². The minimum absolute atomic E-state index is 0.641. The van der Waals surface area contributed by atoms with Crippen LogP contribution >= 0.6 is 0 Å². The zero-order valence-corrected chi connectivity index (χ0v) is 31.3. The molecule has 8 aromatic carbocycles. The second kappa shape index (κ2) is 13.4. The lowest BCUT2D eigenvalue weighted by molar-refractivity contribution is 0.436. The van der Waals surface area contributed by atoms with Crippen LogP contribution in [0.3, 0.4) is 0 Å². The molecule has 0 saturated heterocycles. The second-order valence-corrected chi connectivity index (χ2v) is 14.7. The molecule has 4 nitrogen and oxygen atoms in total. The summed E-state index contributed by atoms with van der Waals surface area (Å²) in [5.74, 6) is 2.37. The molecule has 1 aromatic heterocycles. The highest BCUT2D eigenvalue weighted by molar-refractivity contribution is 6.03. The quantitative estimate of drug-likeness (QED) is 0.176. The van der Waals surface area contributed by atoms with E-state index in [0.29, 0.717) is 11.4 Å². The van der Waals surface area contributed by atoms with Crippen LogP contribution in [0.25, 0.3) is 67.3 Å². The molecular weight excluding hydrogens is 707 g/mol. The van der Waals surface area contributed by atoms with Crippen LogP contribution in [-0.2, 0) is 5.41 Å². The molecule has 1 aliphatic carbocycles. The number of aromatic nitrogens is 2. The first kappa shape index (κ1) is 33.5. The highest BCUT2D eigenvalue weighted by atomic mass is 16.5. The number of nitrogens with zero attached hydrogens (tertiary/aromatic N) is 3. The van der Waals surface area contributed by atoms with Gasteiger partial charge in [0.1, 0.15) is 11.5 Å². The molecule has 0 saturated carbocycles. The Bertz CT molecular complexity index is 2990. The highest BCUT2D eigenvalue weighted by Crippen LogP contribution is 2.64. The SMILES string of the molecule is N#Cc1ccccc1-c1cccc2c1-c1c(-c3ccc(-c4cc(-c5ccccc5)nc(-c5ccccc5)n4)cc3)cccc1C21c2ccccc2Oc2ccccc21. The molecular formula is C54H33N3O. The van der Waals surface area contributed by atoms with Gasteiger partial charge in [0.2, 0.25) is 0 Å². The third kappa shape index (κ3) is 5.08. The maximum Gasteiger partial charge on any atom is 0.160 e. The van der Waals surface area contributed by atoms with Crippen molar-refractivity contribution in [3.8, 4) is 84.9 Å². The minimum Gasteiger partial charge on any atom is -0.457 e.